The molecule has 0 bridgehead atoms. The maximum absolute atomic E-state index is 12.2. The average molecular weight is 767 g/mol. The van der Waals surface area contributed by atoms with Gasteiger partial charge in [0.15, 0.2) is 12.6 Å². The van der Waals surface area contributed by atoms with Crippen molar-refractivity contribution in [2.75, 3.05) is 6.61 Å². The molecule has 12 heteroatoms. The number of allylic oxidation sites excluding steroid dienone is 4. The molecule has 54 heavy (non-hydrogen) atoms. The third kappa shape index (κ3) is 6.79. The first-order valence-corrected chi connectivity index (χ1v) is 20.4. The van der Waals surface area contributed by atoms with Crippen LogP contribution in [0.1, 0.15) is 107 Å². The smallest absolute Gasteiger partial charge is 0.187 e. The molecule has 4 saturated carbocycles. The first kappa shape index (κ1) is 42.6. The molecule has 2 heterocycles. The van der Waals surface area contributed by atoms with Crippen LogP contribution in [0.2, 0.25) is 0 Å². The van der Waals surface area contributed by atoms with Gasteiger partial charge in [-0.3, -0.25) is 0 Å². The number of fused-ring (bicyclic) bond motifs is 5. The fourth-order valence-corrected chi connectivity index (χ4v) is 12.9. The maximum Gasteiger partial charge on any atom is 0.187 e. The van der Waals surface area contributed by atoms with E-state index in [9.17, 15) is 40.9 Å². The highest BCUT2D eigenvalue weighted by atomic mass is 16.8. The Balaban J connectivity index is 1.39. The Morgan fingerprint density at radius 2 is 1.44 bits per heavy atom. The van der Waals surface area contributed by atoms with Crippen LogP contribution in [0.15, 0.2) is 23.3 Å². The zero-order chi connectivity index (χ0) is 39.9. The Morgan fingerprint density at radius 3 is 2.09 bits per heavy atom. The summed E-state index contributed by atoms with van der Waals surface area (Å²) in [7, 11) is 0. The van der Waals surface area contributed by atoms with E-state index in [1.807, 2.05) is 0 Å². The zero-order valence-corrected chi connectivity index (χ0v) is 33.8. The van der Waals surface area contributed by atoms with Gasteiger partial charge in [0.25, 0.3) is 0 Å². The Morgan fingerprint density at radius 1 is 0.759 bits per heavy atom. The van der Waals surface area contributed by atoms with Crippen LogP contribution in [-0.4, -0.2) is 127 Å². The third-order valence-corrected chi connectivity index (χ3v) is 16.0. The second-order valence-electron chi connectivity index (χ2n) is 19.6. The molecule has 2 saturated heterocycles. The topological polar surface area (TPSA) is 199 Å². The lowest BCUT2D eigenvalue weighted by Gasteiger charge is -2.72. The van der Waals surface area contributed by atoms with Crippen LogP contribution in [0.5, 0.6) is 0 Å². The first-order chi connectivity index (χ1) is 25.1. The molecular formula is C42H70O12. The van der Waals surface area contributed by atoms with Gasteiger partial charge < -0.3 is 59.8 Å². The molecule has 0 aromatic carbocycles. The zero-order valence-electron chi connectivity index (χ0n) is 33.8. The fraction of sp³-hybridized carbons (Fsp3) is 0.905. The Bertz CT molecular complexity index is 1400. The monoisotopic (exact) mass is 766 g/mol. The number of aliphatic hydroxyl groups is 8. The van der Waals surface area contributed by atoms with Gasteiger partial charge in [-0.1, -0.05) is 57.9 Å². The maximum atomic E-state index is 12.2. The molecule has 20 atom stereocenters. The Hall–Kier alpha value is -1.00. The van der Waals surface area contributed by atoms with Crippen LogP contribution < -0.4 is 0 Å². The fourth-order valence-electron chi connectivity index (χ4n) is 12.9. The lowest BCUT2D eigenvalue weighted by Crippen LogP contribution is -2.71. The molecule has 0 aromatic heterocycles. The van der Waals surface area contributed by atoms with Crippen molar-refractivity contribution in [3.05, 3.63) is 23.3 Å². The molecule has 2 aliphatic heterocycles. The van der Waals surface area contributed by atoms with Crippen LogP contribution in [0, 0.1) is 45.3 Å². The molecule has 8 N–H and O–H groups in total. The summed E-state index contributed by atoms with van der Waals surface area (Å²) in [5.74, 6) is 0.165. The number of hydrogen-bond acceptors (Lipinski definition) is 12. The highest BCUT2D eigenvalue weighted by Crippen LogP contribution is 2.76. The summed E-state index contributed by atoms with van der Waals surface area (Å²) in [5.41, 5.74) is 1.01. The van der Waals surface area contributed by atoms with Crippen LogP contribution in [0.4, 0.5) is 0 Å². The standard InChI is InChI=1S/C42H70O12/c1-20(2)11-10-12-21(3)23-13-16-41(8)29(23)24(44)17-27-40(7)15-14-28(45)39(5,6)36(40)25(18-42(27,41)9)52-38-35(33(49)31(47)26(19-43)53-38)54-37-34(50)32(48)30(46)22(4)51-37/h11-12,22-38,43-50H,10,13-19H2,1-9H3/b21-12+/t22-,23+,24+,25-,26+,27-,28-,29-,30-,31+,32+,33-,34+,35+,36-,37-,38+,40+,41+,42+/m0/s1. The van der Waals surface area contributed by atoms with E-state index in [0.717, 1.165) is 25.7 Å². The van der Waals surface area contributed by atoms with Gasteiger partial charge in [-0.05, 0) is 118 Å². The largest absolute Gasteiger partial charge is 0.394 e. The highest BCUT2D eigenvalue weighted by Gasteiger charge is 2.73. The number of rotatable bonds is 8. The van der Waals surface area contributed by atoms with E-state index in [1.165, 1.54) is 18.1 Å². The van der Waals surface area contributed by atoms with E-state index in [-0.39, 0.29) is 39.9 Å². The summed E-state index contributed by atoms with van der Waals surface area (Å²) in [6, 6.07) is 0. The molecule has 6 aliphatic rings. The summed E-state index contributed by atoms with van der Waals surface area (Å²) in [4.78, 5) is 0. The summed E-state index contributed by atoms with van der Waals surface area (Å²) in [6.45, 7) is 18.5. The Kier molecular flexibility index (Phi) is 12.1. The second-order valence-corrected chi connectivity index (χ2v) is 19.6. The van der Waals surface area contributed by atoms with Crippen molar-refractivity contribution in [2.45, 2.75) is 187 Å². The first-order valence-electron chi connectivity index (χ1n) is 20.4. The van der Waals surface area contributed by atoms with Gasteiger partial charge >= 0.3 is 0 Å². The average Bonchev–Trinajstić information content (AvgIpc) is 3.48. The van der Waals surface area contributed by atoms with Gasteiger partial charge in [0.05, 0.1) is 31.0 Å². The van der Waals surface area contributed by atoms with E-state index in [0.29, 0.717) is 19.3 Å². The van der Waals surface area contributed by atoms with Gasteiger partial charge in [-0.15, -0.1) is 0 Å². The van der Waals surface area contributed by atoms with Crippen molar-refractivity contribution in [3.8, 4) is 0 Å². The van der Waals surface area contributed by atoms with Crippen molar-refractivity contribution >= 4 is 0 Å². The van der Waals surface area contributed by atoms with Crippen LogP contribution in [0.25, 0.3) is 0 Å². The predicted octanol–water partition coefficient (Wildman–Crippen LogP) is 2.95. The second kappa shape index (κ2) is 15.3. The van der Waals surface area contributed by atoms with Crippen molar-refractivity contribution in [1.29, 1.82) is 0 Å². The number of hydrogen-bond donors (Lipinski definition) is 8. The Labute approximate surface area is 321 Å². The molecule has 0 spiro atoms. The van der Waals surface area contributed by atoms with Crippen molar-refractivity contribution in [2.24, 2.45) is 45.3 Å². The van der Waals surface area contributed by atoms with Gasteiger partial charge in [0, 0.05) is 0 Å². The van der Waals surface area contributed by atoms with E-state index in [1.54, 1.807) is 0 Å². The van der Waals surface area contributed by atoms with Crippen molar-refractivity contribution in [1.82, 2.24) is 0 Å². The minimum atomic E-state index is -1.68. The van der Waals surface area contributed by atoms with Crippen molar-refractivity contribution < 1.29 is 59.8 Å². The molecule has 12 nitrogen and oxygen atoms in total. The lowest BCUT2D eigenvalue weighted by atomic mass is 9.34. The van der Waals surface area contributed by atoms with E-state index >= 15 is 0 Å². The SMILES string of the molecule is CC(C)=CC/C=C(\C)[C@H]1CC[C@]2(C)[C@@H]1[C@H](O)C[C@H]1[C@@]3(C)CC[C@H](O)C(C)(C)[C@@H]3[C@@H](O[C@@H]3O[C@H](CO)[C@@H](O)[C@H](O)[C@H]3O[C@@H]3O[C@@H](C)[C@H](O)[C@@H](O)[C@H]3O)C[C@]12C. The van der Waals surface area contributed by atoms with Crippen LogP contribution in [-0.2, 0) is 18.9 Å². The predicted molar refractivity (Wildman–Crippen MR) is 199 cm³/mol. The summed E-state index contributed by atoms with van der Waals surface area (Å²) >= 11 is 0. The van der Waals surface area contributed by atoms with Crippen molar-refractivity contribution in [3.63, 3.8) is 0 Å². The van der Waals surface area contributed by atoms with Gasteiger partial charge in [-0.2, -0.15) is 0 Å². The summed E-state index contributed by atoms with van der Waals surface area (Å²) in [5, 5.41) is 88.2. The summed E-state index contributed by atoms with van der Waals surface area (Å²) in [6.07, 6.45) is -6.05. The molecule has 0 aromatic rings. The number of aliphatic hydroxyl groups excluding tert-OH is 8. The van der Waals surface area contributed by atoms with Crippen LogP contribution in [0.3, 0.4) is 0 Å². The molecule has 6 rings (SSSR count). The minimum absolute atomic E-state index is 0.0381. The molecule has 310 valence electrons. The molecule has 0 radical (unpaired) electrons. The molecule has 4 aliphatic carbocycles. The van der Waals surface area contributed by atoms with Gasteiger partial charge in [0.2, 0.25) is 0 Å². The third-order valence-electron chi connectivity index (χ3n) is 16.0. The van der Waals surface area contributed by atoms with Crippen LogP contribution >= 0.6 is 0 Å². The van der Waals surface area contributed by atoms with Gasteiger partial charge in [-0.25, -0.2) is 0 Å². The minimum Gasteiger partial charge on any atom is -0.394 e. The van der Waals surface area contributed by atoms with E-state index in [2.05, 4.69) is 67.5 Å². The van der Waals surface area contributed by atoms with Gasteiger partial charge in [0.1, 0.15) is 42.7 Å². The molecule has 6 fully saturated rings. The molecule has 0 amide bonds. The number of ether oxygens (including phenoxy) is 4. The quantitative estimate of drug-likeness (QED) is 0.133. The highest BCUT2D eigenvalue weighted by molar-refractivity contribution is 5.24. The summed E-state index contributed by atoms with van der Waals surface area (Å²) < 4.78 is 25.2. The van der Waals surface area contributed by atoms with E-state index in [4.69, 9.17) is 18.9 Å². The van der Waals surface area contributed by atoms with E-state index < -0.39 is 91.7 Å². The lowest BCUT2D eigenvalue weighted by molar-refractivity contribution is -0.381. The normalized spacial score (nSPS) is 53.3. The molecule has 0 unspecified atom stereocenters. The molecular weight excluding hydrogens is 696 g/mol.